The topological polar surface area (TPSA) is 382 Å². The van der Waals surface area contributed by atoms with Crippen LogP contribution < -0.4 is 106 Å². The quantitative estimate of drug-likeness (QED) is 0.00755. The maximum atomic E-state index is 12.7. The van der Waals surface area contributed by atoms with Gasteiger partial charge in [-0.05, 0) is 108 Å². The van der Waals surface area contributed by atoms with Gasteiger partial charge in [-0.25, -0.2) is 19.2 Å². The SMILES string of the molecule is C.C=COCC.CCOC(C)OC1C[C@H](n2cc(C)c(=O)[nH]c2=O)O[C@@H]1CO[Si](c1ccccc1)(c1ccccc1)C(C)(C)C.CSS[C@@H](C)OC1C[C@H](n2cc(C)c(=O)[nH]c2=O)O[C@@H]1CO[Si](c1ccccc1)(c1ccccc1)C(C)(C)C.C[S-].Cc1cn([C@H]2CC(O)[C@@H](CO)O2)c(=O)[nH]c1=O.Cc1cn([C@H]2CC(O)[C@@H](CO[Si](c3ccccc3)(c3ccccc3)C(C)(C)C)O2)c(=O)[nH]c1=O.[Na+]. The van der Waals surface area contributed by atoms with Gasteiger partial charge in [0.15, 0.2) is 6.29 Å². The molecule has 0 saturated carbocycles. The molecule has 138 heavy (non-hydrogen) atoms. The molecule has 4 aliphatic heterocycles. The van der Waals surface area contributed by atoms with Crippen LogP contribution in [0.2, 0.25) is 15.1 Å². The number of ether oxygens (including phenoxy) is 8. The van der Waals surface area contributed by atoms with E-state index < -0.39 is 138 Å². The fourth-order valence-electron chi connectivity index (χ4n) is 17.6. The van der Waals surface area contributed by atoms with Crippen LogP contribution in [0.1, 0.15) is 170 Å². The molecule has 37 heteroatoms. The molecule has 7 N–H and O–H groups in total. The van der Waals surface area contributed by atoms with Gasteiger partial charge < -0.3 is 79.1 Å². The molecule has 4 aliphatic rings. The largest absolute Gasteiger partial charge is 1.00 e. The molecule has 4 aromatic heterocycles. The van der Waals surface area contributed by atoms with Gasteiger partial charge in [-0.2, -0.15) is 6.26 Å². The van der Waals surface area contributed by atoms with Crippen LogP contribution in [0.15, 0.2) is 258 Å². The molecule has 6 aromatic carbocycles. The molecule has 746 valence electrons. The number of aliphatic hydroxyl groups is 3. The van der Waals surface area contributed by atoms with Crippen LogP contribution in [-0.4, -0.2) is 191 Å². The number of hydrogen-bond acceptors (Lipinski definition) is 25. The van der Waals surface area contributed by atoms with Crippen LogP contribution in [0.4, 0.5) is 0 Å². The maximum absolute atomic E-state index is 12.7. The number of benzene rings is 6. The summed E-state index contributed by atoms with van der Waals surface area (Å²) in [5.74, 6) is 0. The molecule has 0 aliphatic carbocycles. The first-order chi connectivity index (χ1) is 64.7. The number of hydrogen-bond donors (Lipinski definition) is 7. The number of H-pyrrole nitrogens is 4. The third-order valence-electron chi connectivity index (χ3n) is 24.1. The normalized spacial score (nSPS) is 20.7. The molecule has 4 fully saturated rings. The van der Waals surface area contributed by atoms with Crippen molar-refractivity contribution in [3.63, 3.8) is 0 Å². The molecule has 10 aromatic rings. The molecular formula is C101H139N8NaO22S3Si3. The van der Waals surface area contributed by atoms with Crippen LogP contribution in [0, 0.1) is 27.7 Å². The van der Waals surface area contributed by atoms with Gasteiger partial charge in [0.2, 0.25) is 0 Å². The van der Waals surface area contributed by atoms with Crippen molar-refractivity contribution in [2.45, 2.75) is 251 Å². The first-order valence-electron chi connectivity index (χ1n) is 45.6. The molecule has 0 amide bonds. The van der Waals surface area contributed by atoms with E-state index >= 15 is 0 Å². The predicted octanol–water partition coefficient (Wildman–Crippen LogP) is 7.45. The zero-order chi connectivity index (χ0) is 99.6. The van der Waals surface area contributed by atoms with E-state index in [0.29, 0.717) is 48.3 Å². The van der Waals surface area contributed by atoms with Crippen LogP contribution in [0.3, 0.4) is 0 Å². The molecule has 0 radical (unpaired) electrons. The zero-order valence-electron chi connectivity index (χ0n) is 82.2. The molecule has 14 atom stereocenters. The van der Waals surface area contributed by atoms with Crippen molar-refractivity contribution >= 4 is 90.3 Å². The molecule has 0 spiro atoms. The molecular weight excluding hydrogens is 1880 g/mol. The summed E-state index contributed by atoms with van der Waals surface area (Å²) < 4.78 is 74.0. The Morgan fingerprint density at radius 1 is 0.435 bits per heavy atom. The summed E-state index contributed by atoms with van der Waals surface area (Å²) in [5.41, 5.74) is -2.20. The third kappa shape index (κ3) is 28.8. The van der Waals surface area contributed by atoms with E-state index in [1.54, 1.807) is 67.9 Å². The first-order valence-corrected chi connectivity index (χ1v) is 54.7. The van der Waals surface area contributed by atoms with Crippen LogP contribution in [0.5, 0.6) is 0 Å². The van der Waals surface area contributed by atoms with E-state index in [2.05, 4.69) is 228 Å². The van der Waals surface area contributed by atoms with Gasteiger partial charge in [0, 0.05) is 79.3 Å². The predicted molar refractivity (Wildman–Crippen MR) is 551 cm³/mol. The van der Waals surface area contributed by atoms with E-state index in [1.165, 1.54) is 57.7 Å². The van der Waals surface area contributed by atoms with Crippen LogP contribution in [0.25, 0.3) is 0 Å². The standard InChI is InChI=1S/C30H40N2O6Si.C29H38N2O5S2Si.C26H32N2O5Si.C10H14N2O5.C4H8O.CH4S.CH4.Na/c1-7-35-22(3)37-25-18-27(32-19-21(2)28(33)31-29(32)34)38-26(25)20-36-39(30(4,5)6,23-14-10-8-11-15-23)24-16-12-9-13-17-24;1-20-18-31(28(33)30-27(20)32)26-17-24(35-21(2)38-37-6)25(36-26)19-34-39(29(3,4)5,22-13-9-7-10-14-22)23-15-11-8-12-16-23;1-18-16-28(25(31)27-24(18)30)23-15-21(29)22(33-23)17-32-34(26(2,3)4,19-11-7-5-8-12-19)20-13-9-6-10-14-20;1-5-3-12(10(16)11-9(5)15)8-2-6(14)7(4-13)17-8;1-3-5-4-2;1-2;;/h8-17,19,22,25-27H,7,18,20H2,1-6H3,(H,31,33,34);7-16,18,21,24-26H,17,19H2,1-6H3,(H,30,32,33);5-14,16,21-23,29H,15,17H2,1-4H3,(H,27,30,31);3,6-8,13-14H,2,4H2,1H3,(H,11,15,16);3H,1,4H2,2H3;2H,1H3;1H4;/q;;;;;;;+1/p-1/t22?,25?,26-,27-;21-,24?,25+,26+;21?,22-,23-;6?,7-,8-;;;;/m1011..../s1. The molecule has 8 heterocycles. The summed E-state index contributed by atoms with van der Waals surface area (Å²) in [6.07, 6.45) is 4.90. The van der Waals surface area contributed by atoms with E-state index in [-0.39, 0.29) is 102 Å². The number of nitrogens with one attached hydrogen (secondary N) is 4. The van der Waals surface area contributed by atoms with Gasteiger partial charge >= 0.3 is 52.3 Å². The van der Waals surface area contributed by atoms with Crippen molar-refractivity contribution in [3.8, 4) is 0 Å². The number of aliphatic hydroxyl groups excluding tert-OH is 3. The number of rotatable bonds is 30. The van der Waals surface area contributed by atoms with E-state index in [9.17, 15) is 48.6 Å². The van der Waals surface area contributed by atoms with Gasteiger partial charge in [-0.15, -0.1) is 0 Å². The molecule has 30 nitrogen and oxygen atoms in total. The fourth-order valence-corrected chi connectivity index (χ4v) is 32.7. The average molecular weight is 2020 g/mol. The number of nitrogens with zero attached hydrogens (tertiary/aromatic N) is 4. The summed E-state index contributed by atoms with van der Waals surface area (Å²) >= 11 is 4.08. The van der Waals surface area contributed by atoms with Gasteiger partial charge in [-0.3, -0.25) is 57.4 Å². The van der Waals surface area contributed by atoms with Crippen molar-refractivity contribution in [1.82, 2.24) is 38.2 Å². The average Bonchev–Trinajstić information content (AvgIpc) is 0.975. The van der Waals surface area contributed by atoms with Crippen molar-refractivity contribution in [3.05, 3.63) is 325 Å². The maximum Gasteiger partial charge on any atom is 1.00 e. The number of aromatic amines is 4. The van der Waals surface area contributed by atoms with Gasteiger partial charge in [0.1, 0.15) is 54.8 Å². The van der Waals surface area contributed by atoms with Crippen molar-refractivity contribution in [2.24, 2.45) is 0 Å². The third-order valence-corrected chi connectivity index (χ3v) is 41.0. The Labute approximate surface area is 846 Å². The molecule has 14 rings (SSSR count). The number of aromatic nitrogens is 8. The zero-order valence-corrected chi connectivity index (χ0v) is 89.6. The second kappa shape index (κ2) is 53.7. The Morgan fingerprint density at radius 3 is 0.928 bits per heavy atom. The Hall–Kier alpha value is -8.24. The monoisotopic (exact) mass is 2020 g/mol. The first kappa shape index (κ1) is 117. The Balaban J connectivity index is 0.000000250. The summed E-state index contributed by atoms with van der Waals surface area (Å²) in [6.45, 7) is 39.2. The van der Waals surface area contributed by atoms with Gasteiger partial charge in [0.25, 0.3) is 47.2 Å². The summed E-state index contributed by atoms with van der Waals surface area (Å²) in [6, 6.07) is 62.4. The minimum Gasteiger partial charge on any atom is -0.796 e. The summed E-state index contributed by atoms with van der Waals surface area (Å²) in [7, 11) is -5.10. The summed E-state index contributed by atoms with van der Waals surface area (Å²) in [5, 5.41) is 35.7. The van der Waals surface area contributed by atoms with Gasteiger partial charge in [0.05, 0.1) is 63.7 Å². The molecule has 0 bridgehead atoms. The van der Waals surface area contributed by atoms with E-state index in [4.69, 9.17) is 51.5 Å². The molecule has 5 unspecified atom stereocenters. The van der Waals surface area contributed by atoms with Crippen molar-refractivity contribution in [1.29, 1.82) is 0 Å². The van der Waals surface area contributed by atoms with Crippen molar-refractivity contribution < 1.29 is 96.0 Å². The van der Waals surface area contributed by atoms with Crippen molar-refractivity contribution in [2.75, 3.05) is 52.2 Å². The molecule has 4 saturated heterocycles. The van der Waals surface area contributed by atoms with Gasteiger partial charge in [-0.1, -0.05) is 280 Å². The van der Waals surface area contributed by atoms with E-state index in [0.717, 1.165) is 17.0 Å². The Bertz CT molecular complexity index is 5610. The van der Waals surface area contributed by atoms with E-state index in [1.807, 2.05) is 94.6 Å². The summed E-state index contributed by atoms with van der Waals surface area (Å²) in [4.78, 5) is 105. The number of aryl methyl sites for hydroxylation is 4. The Morgan fingerprint density at radius 2 is 0.688 bits per heavy atom. The Kier molecular flexibility index (Phi) is 45.5. The minimum absolute atomic E-state index is 0. The fraction of sp³-hybridized carbons (Fsp3) is 0.465. The van der Waals surface area contributed by atoms with Crippen LogP contribution in [-0.2, 0) is 63.8 Å². The smallest absolute Gasteiger partial charge is 0.796 e. The minimum atomic E-state index is -2.81. The van der Waals surface area contributed by atoms with Crippen LogP contribution >= 0.6 is 21.6 Å². The second-order valence-corrected chi connectivity index (χ2v) is 52.1. The second-order valence-electron chi connectivity index (χ2n) is 36.4.